The topological polar surface area (TPSA) is 73.4 Å². The molecule has 0 spiro atoms. The molecular weight excluding hydrogens is 524 g/mol. The molecule has 0 aromatic heterocycles. The van der Waals surface area contributed by atoms with Crippen molar-refractivity contribution in [2.45, 2.75) is 6.54 Å². The highest BCUT2D eigenvalue weighted by Gasteiger charge is 2.35. The van der Waals surface area contributed by atoms with Crippen LogP contribution in [0.15, 0.2) is 53.4 Å². The summed E-state index contributed by atoms with van der Waals surface area (Å²) in [6.45, 7) is 9.05. The summed E-state index contributed by atoms with van der Waals surface area (Å²) in [5.41, 5.74) is 2.23. The molecule has 10 heteroatoms. The number of amides is 3. The second kappa shape index (κ2) is 12.4. The van der Waals surface area contributed by atoms with Crippen LogP contribution in [-0.2, 0) is 16.1 Å². The minimum atomic E-state index is -0.318. The Kier molecular flexibility index (Phi) is 8.81. The molecule has 0 N–H and O–H groups in total. The van der Waals surface area contributed by atoms with Gasteiger partial charge in [-0.1, -0.05) is 35.9 Å². The summed E-state index contributed by atoms with van der Waals surface area (Å²) < 4.78 is 5.41. The third-order valence-corrected chi connectivity index (χ3v) is 8.24. The zero-order valence-electron chi connectivity index (χ0n) is 21.2. The van der Waals surface area contributed by atoms with Crippen molar-refractivity contribution in [1.29, 1.82) is 0 Å². The molecule has 2 aromatic carbocycles. The molecule has 0 atom stereocenters. The fourth-order valence-electron chi connectivity index (χ4n) is 4.75. The fraction of sp³-hybridized carbons (Fsp3) is 0.393. The molecule has 3 aliphatic heterocycles. The smallest absolute Gasteiger partial charge is 0.293 e. The van der Waals surface area contributed by atoms with E-state index in [0.29, 0.717) is 28.6 Å². The molecule has 200 valence electrons. The Hall–Kier alpha value is -2.69. The van der Waals surface area contributed by atoms with Gasteiger partial charge in [0.1, 0.15) is 0 Å². The lowest BCUT2D eigenvalue weighted by atomic mass is 10.1. The third kappa shape index (κ3) is 6.65. The highest BCUT2D eigenvalue weighted by Crippen LogP contribution is 2.33. The van der Waals surface area contributed by atoms with Crippen molar-refractivity contribution in [2.24, 2.45) is 0 Å². The summed E-state index contributed by atoms with van der Waals surface area (Å²) in [6, 6.07) is 14.3. The molecule has 3 fully saturated rings. The van der Waals surface area contributed by atoms with Crippen LogP contribution in [0.25, 0.3) is 6.08 Å². The second-order valence-corrected chi connectivity index (χ2v) is 11.0. The molecule has 3 heterocycles. The van der Waals surface area contributed by atoms with Crippen molar-refractivity contribution in [2.75, 3.05) is 65.6 Å². The van der Waals surface area contributed by atoms with Crippen LogP contribution in [0.3, 0.4) is 0 Å². The predicted molar refractivity (Wildman–Crippen MR) is 149 cm³/mol. The zero-order chi connectivity index (χ0) is 26.5. The lowest BCUT2D eigenvalue weighted by molar-refractivity contribution is -0.123. The number of morpholine rings is 1. The van der Waals surface area contributed by atoms with Crippen molar-refractivity contribution in [3.8, 4) is 0 Å². The molecule has 8 nitrogen and oxygen atoms in total. The number of hydrogen-bond acceptors (Lipinski definition) is 7. The van der Waals surface area contributed by atoms with Crippen molar-refractivity contribution >= 4 is 46.5 Å². The summed E-state index contributed by atoms with van der Waals surface area (Å²) >= 11 is 6.85. The van der Waals surface area contributed by atoms with E-state index in [2.05, 4.69) is 9.80 Å². The minimum absolute atomic E-state index is 0.0210. The average molecular weight is 555 g/mol. The number of imide groups is 1. The Bertz CT molecular complexity index is 1190. The van der Waals surface area contributed by atoms with Gasteiger partial charge in [0.05, 0.1) is 24.7 Å². The molecule has 0 aliphatic carbocycles. The number of nitrogens with zero attached hydrogens (tertiary/aromatic N) is 4. The van der Waals surface area contributed by atoms with Crippen LogP contribution >= 0.6 is 23.4 Å². The van der Waals surface area contributed by atoms with Gasteiger partial charge in [-0.3, -0.25) is 29.1 Å². The van der Waals surface area contributed by atoms with Gasteiger partial charge in [0.2, 0.25) is 0 Å². The number of halogens is 1. The number of thioether (sulfide) groups is 1. The summed E-state index contributed by atoms with van der Waals surface area (Å²) in [6.07, 6.45) is 1.70. The molecule has 3 aliphatic rings. The maximum Gasteiger partial charge on any atom is 0.293 e. The molecule has 5 rings (SSSR count). The van der Waals surface area contributed by atoms with Gasteiger partial charge in [-0.25, -0.2) is 0 Å². The fourth-order valence-corrected chi connectivity index (χ4v) is 5.71. The van der Waals surface area contributed by atoms with Gasteiger partial charge < -0.3 is 9.64 Å². The highest BCUT2D eigenvalue weighted by atomic mass is 35.5. The van der Waals surface area contributed by atoms with Crippen LogP contribution in [-0.4, -0.2) is 102 Å². The molecule has 38 heavy (non-hydrogen) atoms. The largest absolute Gasteiger partial charge is 0.379 e. The van der Waals surface area contributed by atoms with Gasteiger partial charge in [-0.05, 0) is 53.2 Å². The molecular formula is C28H31ClN4O4S. The van der Waals surface area contributed by atoms with Crippen LogP contribution in [0, 0.1) is 0 Å². The first-order chi connectivity index (χ1) is 18.5. The molecule has 0 saturated carbocycles. The predicted octanol–water partition coefficient (Wildman–Crippen LogP) is 3.67. The summed E-state index contributed by atoms with van der Waals surface area (Å²) in [7, 11) is 0. The Morgan fingerprint density at radius 1 is 0.868 bits per heavy atom. The van der Waals surface area contributed by atoms with Crippen molar-refractivity contribution in [1.82, 2.24) is 19.6 Å². The zero-order valence-corrected chi connectivity index (χ0v) is 22.8. The van der Waals surface area contributed by atoms with Crippen LogP contribution in [0.1, 0.15) is 21.5 Å². The first kappa shape index (κ1) is 26.9. The monoisotopic (exact) mass is 554 g/mol. The van der Waals surface area contributed by atoms with Crippen LogP contribution < -0.4 is 0 Å². The van der Waals surface area contributed by atoms with E-state index in [1.54, 1.807) is 42.5 Å². The van der Waals surface area contributed by atoms with Crippen molar-refractivity contribution in [3.63, 3.8) is 0 Å². The average Bonchev–Trinajstić information content (AvgIpc) is 3.21. The van der Waals surface area contributed by atoms with Crippen LogP contribution in [0.5, 0.6) is 0 Å². The Balaban J connectivity index is 1.13. The van der Waals surface area contributed by atoms with E-state index in [1.165, 1.54) is 4.90 Å². The summed E-state index contributed by atoms with van der Waals surface area (Å²) in [5, 5.41) is 0.304. The number of benzene rings is 2. The van der Waals surface area contributed by atoms with E-state index in [-0.39, 0.29) is 23.6 Å². The molecule has 2 aromatic rings. The number of carbonyl (C=O) groups excluding carboxylic acids is 3. The molecule has 3 saturated heterocycles. The quantitative estimate of drug-likeness (QED) is 0.484. The van der Waals surface area contributed by atoms with Crippen LogP contribution in [0.2, 0.25) is 5.02 Å². The first-order valence-corrected chi connectivity index (χ1v) is 14.1. The van der Waals surface area contributed by atoms with E-state index in [4.69, 9.17) is 16.3 Å². The van der Waals surface area contributed by atoms with E-state index in [9.17, 15) is 14.4 Å². The van der Waals surface area contributed by atoms with E-state index in [0.717, 1.165) is 75.4 Å². The van der Waals surface area contributed by atoms with Gasteiger partial charge >= 0.3 is 0 Å². The van der Waals surface area contributed by atoms with Crippen molar-refractivity contribution < 1.29 is 19.1 Å². The third-order valence-electron chi connectivity index (χ3n) is 7.08. The molecule has 3 amide bonds. The Morgan fingerprint density at radius 3 is 2.16 bits per heavy atom. The number of rotatable bonds is 7. The Labute approximate surface area is 232 Å². The number of ether oxygens (including phenoxy) is 1. The van der Waals surface area contributed by atoms with Gasteiger partial charge in [0.25, 0.3) is 17.1 Å². The van der Waals surface area contributed by atoms with Gasteiger partial charge in [-0.2, -0.15) is 0 Å². The summed E-state index contributed by atoms with van der Waals surface area (Å²) in [5.74, 6) is -0.297. The SMILES string of the molecule is O=C(c1ccc(/C=C2\SC(=O)N(Cc3ccc(Cl)cc3)C2=O)cc1)N1CCN(CCN2CCOCC2)CC1. The van der Waals surface area contributed by atoms with Gasteiger partial charge in [0.15, 0.2) is 0 Å². The number of piperazine rings is 1. The van der Waals surface area contributed by atoms with Gasteiger partial charge in [0, 0.05) is 62.9 Å². The van der Waals surface area contributed by atoms with E-state index in [1.807, 2.05) is 17.0 Å². The van der Waals surface area contributed by atoms with Crippen molar-refractivity contribution in [3.05, 3.63) is 75.1 Å². The maximum absolute atomic E-state index is 13.1. The first-order valence-electron chi connectivity index (χ1n) is 12.9. The highest BCUT2D eigenvalue weighted by molar-refractivity contribution is 8.18. The second-order valence-electron chi connectivity index (χ2n) is 9.60. The normalized spacial score (nSPS) is 20.5. The minimum Gasteiger partial charge on any atom is -0.379 e. The maximum atomic E-state index is 13.1. The molecule has 0 bridgehead atoms. The molecule has 0 unspecified atom stereocenters. The van der Waals surface area contributed by atoms with E-state index < -0.39 is 0 Å². The number of carbonyl (C=O) groups is 3. The van der Waals surface area contributed by atoms with Crippen LogP contribution in [0.4, 0.5) is 4.79 Å². The Morgan fingerprint density at radius 2 is 1.50 bits per heavy atom. The molecule has 0 radical (unpaired) electrons. The summed E-state index contributed by atoms with van der Waals surface area (Å²) in [4.78, 5) is 46.7. The van der Waals surface area contributed by atoms with E-state index >= 15 is 0 Å². The standard InChI is InChI=1S/C28H31ClN4O4S/c29-24-7-3-22(4-8-24)20-33-27(35)25(38-28(33)36)19-21-1-5-23(6-2-21)26(34)32-13-11-30(12-14-32)9-10-31-15-17-37-18-16-31/h1-8,19H,9-18,20H2/b25-19-. The lowest BCUT2D eigenvalue weighted by Gasteiger charge is -2.36. The lowest BCUT2D eigenvalue weighted by Crippen LogP contribution is -2.51. The number of hydrogen-bond donors (Lipinski definition) is 0. The van der Waals surface area contributed by atoms with Gasteiger partial charge in [-0.15, -0.1) is 0 Å².